The van der Waals surface area contributed by atoms with Crippen LogP contribution < -0.4 is 9.47 Å². The first-order valence-corrected chi connectivity index (χ1v) is 9.64. The van der Waals surface area contributed by atoms with Gasteiger partial charge in [0.1, 0.15) is 0 Å². The van der Waals surface area contributed by atoms with E-state index in [9.17, 15) is 13.2 Å². The molecule has 0 bridgehead atoms. The lowest BCUT2D eigenvalue weighted by atomic mass is 10.0. The van der Waals surface area contributed by atoms with Gasteiger partial charge in [0, 0.05) is 37.8 Å². The fourth-order valence-corrected chi connectivity index (χ4v) is 3.43. The van der Waals surface area contributed by atoms with Crippen LogP contribution in [0.5, 0.6) is 11.5 Å². The number of aliphatic carboxylic acids is 1. The molecule has 0 aliphatic carbocycles. The molecule has 170 valence electrons. The third-order valence-electron chi connectivity index (χ3n) is 4.98. The smallest absolute Gasteiger partial charge is 0.490 e. The van der Waals surface area contributed by atoms with Crippen LogP contribution >= 0.6 is 0 Å². The van der Waals surface area contributed by atoms with Crippen molar-refractivity contribution < 1.29 is 32.5 Å². The summed E-state index contributed by atoms with van der Waals surface area (Å²) in [6.45, 7) is 4.01. The molecule has 0 amide bonds. The average Bonchev–Trinajstić information content (AvgIpc) is 2.75. The molecule has 3 rings (SSSR count). The molecular formula is C22H27F3N2O4. The Morgan fingerprint density at radius 1 is 1.06 bits per heavy atom. The minimum atomic E-state index is -5.08. The maximum absolute atomic E-state index is 10.6. The van der Waals surface area contributed by atoms with E-state index < -0.39 is 12.1 Å². The second kappa shape index (κ2) is 11.0. The zero-order chi connectivity index (χ0) is 23.0. The molecule has 1 atom stereocenters. The highest BCUT2D eigenvalue weighted by molar-refractivity contribution is 5.73. The van der Waals surface area contributed by atoms with Crippen LogP contribution in [0.4, 0.5) is 13.2 Å². The van der Waals surface area contributed by atoms with Crippen molar-refractivity contribution in [3.8, 4) is 11.5 Å². The van der Waals surface area contributed by atoms with Crippen molar-refractivity contribution >= 4 is 5.97 Å². The lowest BCUT2D eigenvalue weighted by Crippen LogP contribution is -2.46. The van der Waals surface area contributed by atoms with Gasteiger partial charge in [0.15, 0.2) is 11.5 Å². The van der Waals surface area contributed by atoms with Crippen molar-refractivity contribution in [1.29, 1.82) is 0 Å². The van der Waals surface area contributed by atoms with Crippen molar-refractivity contribution in [3.05, 3.63) is 59.7 Å². The van der Waals surface area contributed by atoms with E-state index in [2.05, 4.69) is 53.2 Å². The van der Waals surface area contributed by atoms with E-state index in [0.29, 0.717) is 6.04 Å². The Labute approximate surface area is 179 Å². The number of rotatable bonds is 5. The van der Waals surface area contributed by atoms with Gasteiger partial charge in [-0.3, -0.25) is 4.90 Å². The topological polar surface area (TPSA) is 62.2 Å². The largest absolute Gasteiger partial charge is 0.493 e. The summed E-state index contributed by atoms with van der Waals surface area (Å²) in [6.07, 6.45) is -5.08. The Bertz CT molecular complexity index is 846. The highest BCUT2D eigenvalue weighted by atomic mass is 19.4. The summed E-state index contributed by atoms with van der Waals surface area (Å²) in [5.41, 5.74) is 2.54. The SMILES string of the molecule is COc1cccc(CN2CCN(C)C[C@@H]2c2ccccc2)c1OC.O=C(O)C(F)(F)F. The first-order chi connectivity index (χ1) is 14.7. The lowest BCUT2D eigenvalue weighted by Gasteiger charge is -2.40. The van der Waals surface area contributed by atoms with E-state index >= 15 is 0 Å². The van der Waals surface area contributed by atoms with E-state index in [1.165, 1.54) is 11.1 Å². The summed E-state index contributed by atoms with van der Waals surface area (Å²) in [5.74, 6) is -1.13. The molecule has 9 heteroatoms. The van der Waals surface area contributed by atoms with Crippen LogP contribution in [0.1, 0.15) is 17.2 Å². The molecule has 2 aromatic rings. The number of ether oxygens (including phenoxy) is 2. The highest BCUT2D eigenvalue weighted by Gasteiger charge is 2.38. The number of piperazine rings is 1. The Balaban J connectivity index is 0.000000423. The van der Waals surface area contributed by atoms with E-state index in [-0.39, 0.29) is 0 Å². The summed E-state index contributed by atoms with van der Waals surface area (Å²) in [6, 6.07) is 17.3. The molecule has 1 N–H and O–H groups in total. The van der Waals surface area contributed by atoms with Crippen LogP contribution in [-0.4, -0.2) is 68.0 Å². The fraction of sp³-hybridized carbons (Fsp3) is 0.409. The van der Waals surface area contributed by atoms with Gasteiger partial charge in [0.25, 0.3) is 0 Å². The Kier molecular flexibility index (Phi) is 8.70. The average molecular weight is 440 g/mol. The molecule has 1 saturated heterocycles. The molecule has 31 heavy (non-hydrogen) atoms. The quantitative estimate of drug-likeness (QED) is 0.763. The van der Waals surface area contributed by atoms with Gasteiger partial charge in [-0.2, -0.15) is 13.2 Å². The number of nitrogens with zero attached hydrogens (tertiary/aromatic N) is 2. The second-order valence-corrected chi connectivity index (χ2v) is 7.11. The van der Waals surface area contributed by atoms with E-state index in [1.54, 1.807) is 14.2 Å². The van der Waals surface area contributed by atoms with E-state index in [0.717, 1.165) is 37.7 Å². The molecule has 2 aromatic carbocycles. The van der Waals surface area contributed by atoms with Gasteiger partial charge in [-0.15, -0.1) is 0 Å². The number of carboxylic acid groups (broad SMARTS) is 1. The summed E-state index contributed by atoms with van der Waals surface area (Å²) in [7, 11) is 5.59. The number of carbonyl (C=O) groups is 1. The number of carboxylic acids is 1. The summed E-state index contributed by atoms with van der Waals surface area (Å²) in [4.78, 5) is 13.8. The summed E-state index contributed by atoms with van der Waals surface area (Å²) in [5, 5.41) is 7.12. The second-order valence-electron chi connectivity index (χ2n) is 7.11. The van der Waals surface area contributed by atoms with Crippen LogP contribution in [-0.2, 0) is 11.3 Å². The van der Waals surface area contributed by atoms with Crippen molar-refractivity contribution in [2.75, 3.05) is 40.9 Å². The van der Waals surface area contributed by atoms with Crippen LogP contribution in [0.15, 0.2) is 48.5 Å². The van der Waals surface area contributed by atoms with Gasteiger partial charge in [0.05, 0.1) is 14.2 Å². The molecule has 0 radical (unpaired) electrons. The normalized spacial score (nSPS) is 17.4. The molecule has 1 aliphatic heterocycles. The maximum atomic E-state index is 10.6. The fourth-order valence-electron chi connectivity index (χ4n) is 3.43. The van der Waals surface area contributed by atoms with Crippen LogP contribution in [0, 0.1) is 0 Å². The molecule has 1 heterocycles. The number of alkyl halides is 3. The molecule has 6 nitrogen and oxygen atoms in total. The molecule has 1 fully saturated rings. The predicted octanol–water partition coefficient (Wildman–Crippen LogP) is 3.83. The maximum Gasteiger partial charge on any atom is 0.490 e. The number of methoxy groups -OCH3 is 2. The Hall–Kier alpha value is -2.78. The van der Waals surface area contributed by atoms with Crippen LogP contribution in [0.25, 0.3) is 0 Å². The van der Waals surface area contributed by atoms with Gasteiger partial charge < -0.3 is 19.5 Å². The van der Waals surface area contributed by atoms with Crippen molar-refractivity contribution in [3.63, 3.8) is 0 Å². The van der Waals surface area contributed by atoms with Crippen LogP contribution in [0.3, 0.4) is 0 Å². The lowest BCUT2D eigenvalue weighted by molar-refractivity contribution is -0.192. The van der Waals surface area contributed by atoms with Crippen LogP contribution in [0.2, 0.25) is 0 Å². The minimum Gasteiger partial charge on any atom is -0.493 e. The van der Waals surface area contributed by atoms with Gasteiger partial charge in [-0.05, 0) is 18.7 Å². The van der Waals surface area contributed by atoms with E-state index in [1.807, 2.05) is 12.1 Å². The van der Waals surface area contributed by atoms with Crippen molar-refractivity contribution in [2.45, 2.75) is 18.8 Å². The zero-order valence-corrected chi connectivity index (χ0v) is 17.7. The van der Waals surface area contributed by atoms with Gasteiger partial charge in [0.2, 0.25) is 0 Å². The standard InChI is InChI=1S/C20H26N2O2.C2HF3O2/c1-21-12-13-22(18(15-21)16-8-5-4-6-9-16)14-17-10-7-11-19(23-2)20(17)24-3;3-2(4,5)1(6)7/h4-11,18H,12-15H2,1-3H3;(H,6,7)/t18-;/m1./s1. The molecule has 0 spiro atoms. The van der Waals surface area contributed by atoms with Gasteiger partial charge in [-0.1, -0.05) is 42.5 Å². The Morgan fingerprint density at radius 3 is 2.26 bits per heavy atom. The highest BCUT2D eigenvalue weighted by Crippen LogP contribution is 2.34. The van der Waals surface area contributed by atoms with Gasteiger partial charge >= 0.3 is 12.1 Å². The van der Waals surface area contributed by atoms with Crippen molar-refractivity contribution in [1.82, 2.24) is 9.80 Å². The Morgan fingerprint density at radius 2 is 1.71 bits per heavy atom. The summed E-state index contributed by atoms with van der Waals surface area (Å²) < 4.78 is 42.8. The third kappa shape index (κ3) is 6.86. The molecule has 0 saturated carbocycles. The third-order valence-corrected chi connectivity index (χ3v) is 4.98. The minimum absolute atomic E-state index is 0.390. The number of para-hydroxylation sites is 1. The number of likely N-dealkylation sites (N-methyl/N-ethyl adjacent to an activating group) is 1. The number of benzene rings is 2. The first-order valence-electron chi connectivity index (χ1n) is 9.64. The predicted molar refractivity (Wildman–Crippen MR) is 110 cm³/mol. The monoisotopic (exact) mass is 440 g/mol. The molecule has 0 unspecified atom stereocenters. The van der Waals surface area contributed by atoms with Crippen molar-refractivity contribution in [2.24, 2.45) is 0 Å². The van der Waals surface area contributed by atoms with Gasteiger partial charge in [-0.25, -0.2) is 4.79 Å². The molecular weight excluding hydrogens is 413 g/mol. The molecule has 1 aliphatic rings. The molecule has 0 aromatic heterocycles. The van der Waals surface area contributed by atoms with E-state index in [4.69, 9.17) is 19.4 Å². The number of hydrogen-bond acceptors (Lipinski definition) is 5. The number of hydrogen-bond donors (Lipinski definition) is 1. The number of halogens is 3. The first kappa shape index (κ1) is 24.5. The zero-order valence-electron chi connectivity index (χ0n) is 17.7. The summed E-state index contributed by atoms with van der Waals surface area (Å²) >= 11 is 0.